The second-order valence-electron chi connectivity index (χ2n) is 3.54. The highest BCUT2D eigenvalue weighted by molar-refractivity contribution is 7.99. The SMILES string of the molecule is CB1CCc2cccc(SCO)c21. The quantitative estimate of drug-likeness (QED) is 0.436. The minimum Gasteiger partial charge on any atom is -0.385 e. The zero-order valence-electron chi connectivity index (χ0n) is 7.79. The van der Waals surface area contributed by atoms with Crippen LogP contribution in [0.1, 0.15) is 5.56 Å². The van der Waals surface area contributed by atoms with Crippen LogP contribution in [0.5, 0.6) is 0 Å². The highest BCUT2D eigenvalue weighted by Gasteiger charge is 2.23. The van der Waals surface area contributed by atoms with Crippen molar-refractivity contribution in [2.75, 3.05) is 5.94 Å². The number of fused-ring (bicyclic) bond motifs is 1. The molecule has 0 atom stereocenters. The van der Waals surface area contributed by atoms with Gasteiger partial charge in [0.15, 0.2) is 6.71 Å². The number of rotatable bonds is 2. The van der Waals surface area contributed by atoms with Gasteiger partial charge < -0.3 is 5.11 Å². The molecular formula is C10H13BOS. The third-order valence-electron chi connectivity index (χ3n) is 2.72. The van der Waals surface area contributed by atoms with Crippen LogP contribution in [-0.2, 0) is 6.42 Å². The molecule has 2 rings (SSSR count). The van der Waals surface area contributed by atoms with Gasteiger partial charge in [-0.05, 0) is 12.5 Å². The van der Waals surface area contributed by atoms with Gasteiger partial charge in [0.25, 0.3) is 0 Å². The number of hydrogen-bond acceptors (Lipinski definition) is 2. The van der Waals surface area contributed by atoms with Gasteiger partial charge in [-0.25, -0.2) is 0 Å². The smallest absolute Gasteiger partial charge is 0.174 e. The predicted octanol–water partition coefficient (Wildman–Crippen LogP) is 1.62. The van der Waals surface area contributed by atoms with E-state index in [9.17, 15) is 0 Å². The molecule has 0 fully saturated rings. The molecular weight excluding hydrogens is 179 g/mol. The summed E-state index contributed by atoms with van der Waals surface area (Å²) in [6.07, 6.45) is 2.47. The van der Waals surface area contributed by atoms with E-state index in [1.807, 2.05) is 0 Å². The molecule has 0 amide bonds. The molecule has 0 aromatic heterocycles. The lowest BCUT2D eigenvalue weighted by atomic mass is 9.48. The highest BCUT2D eigenvalue weighted by atomic mass is 32.2. The summed E-state index contributed by atoms with van der Waals surface area (Å²) in [7, 11) is 0. The largest absolute Gasteiger partial charge is 0.385 e. The summed E-state index contributed by atoms with van der Waals surface area (Å²) in [4.78, 5) is 1.27. The molecule has 0 radical (unpaired) electrons. The van der Waals surface area contributed by atoms with Gasteiger partial charge in [0.05, 0.1) is 5.94 Å². The van der Waals surface area contributed by atoms with Crippen LogP contribution in [0.25, 0.3) is 0 Å². The third kappa shape index (κ3) is 1.63. The topological polar surface area (TPSA) is 20.2 Å². The lowest BCUT2D eigenvalue weighted by Crippen LogP contribution is -2.24. The highest BCUT2D eigenvalue weighted by Crippen LogP contribution is 2.23. The van der Waals surface area contributed by atoms with E-state index in [0.29, 0.717) is 6.71 Å². The Labute approximate surface area is 83.6 Å². The molecule has 0 bridgehead atoms. The van der Waals surface area contributed by atoms with E-state index in [4.69, 9.17) is 5.11 Å². The van der Waals surface area contributed by atoms with Crippen molar-refractivity contribution < 1.29 is 5.11 Å². The Morgan fingerprint density at radius 3 is 3.15 bits per heavy atom. The van der Waals surface area contributed by atoms with Crippen LogP contribution in [0.3, 0.4) is 0 Å². The summed E-state index contributed by atoms with van der Waals surface area (Å²) in [6, 6.07) is 6.41. The third-order valence-corrected chi connectivity index (χ3v) is 3.51. The van der Waals surface area contributed by atoms with Gasteiger partial charge in [-0.3, -0.25) is 0 Å². The van der Waals surface area contributed by atoms with Gasteiger partial charge in [0, 0.05) is 4.90 Å². The summed E-state index contributed by atoms with van der Waals surface area (Å²) in [5.74, 6) is 0.184. The number of hydrogen-bond donors (Lipinski definition) is 1. The number of benzene rings is 1. The number of aryl methyl sites for hydroxylation is 1. The predicted molar refractivity (Wildman–Crippen MR) is 59.1 cm³/mol. The first-order chi connectivity index (χ1) is 6.33. The van der Waals surface area contributed by atoms with Crippen molar-refractivity contribution in [2.24, 2.45) is 0 Å². The zero-order valence-corrected chi connectivity index (χ0v) is 8.60. The first-order valence-electron chi connectivity index (χ1n) is 4.68. The maximum atomic E-state index is 8.90. The van der Waals surface area contributed by atoms with E-state index in [2.05, 4.69) is 25.0 Å². The van der Waals surface area contributed by atoms with E-state index in [1.54, 1.807) is 0 Å². The molecule has 0 saturated carbocycles. The average molecular weight is 192 g/mol. The summed E-state index contributed by atoms with van der Waals surface area (Å²) in [5, 5.41) is 8.90. The molecule has 1 aliphatic rings. The van der Waals surface area contributed by atoms with Gasteiger partial charge in [-0.1, -0.05) is 48.1 Å². The first kappa shape index (κ1) is 9.16. The van der Waals surface area contributed by atoms with Crippen molar-refractivity contribution in [3.63, 3.8) is 0 Å². The lowest BCUT2D eigenvalue weighted by Gasteiger charge is -2.08. The molecule has 1 heterocycles. The summed E-state index contributed by atoms with van der Waals surface area (Å²) >= 11 is 1.54. The van der Waals surface area contributed by atoms with Gasteiger partial charge in [-0.2, -0.15) is 0 Å². The molecule has 3 heteroatoms. The monoisotopic (exact) mass is 192 g/mol. The normalized spacial score (nSPS) is 14.8. The second kappa shape index (κ2) is 3.76. The maximum absolute atomic E-state index is 8.90. The van der Waals surface area contributed by atoms with E-state index >= 15 is 0 Å². The van der Waals surface area contributed by atoms with Crippen LogP contribution < -0.4 is 5.46 Å². The first-order valence-corrected chi connectivity index (χ1v) is 5.67. The average Bonchev–Trinajstić information content (AvgIpc) is 2.50. The molecule has 68 valence electrons. The van der Waals surface area contributed by atoms with Crippen molar-refractivity contribution in [3.8, 4) is 0 Å². The van der Waals surface area contributed by atoms with E-state index in [-0.39, 0.29) is 5.94 Å². The number of thioether (sulfide) groups is 1. The minimum atomic E-state index is 0.184. The Morgan fingerprint density at radius 2 is 2.38 bits per heavy atom. The van der Waals surface area contributed by atoms with Crippen molar-refractivity contribution >= 4 is 23.9 Å². The Kier molecular flexibility index (Phi) is 2.65. The van der Waals surface area contributed by atoms with Crippen molar-refractivity contribution in [3.05, 3.63) is 23.8 Å². The van der Waals surface area contributed by atoms with Crippen molar-refractivity contribution in [1.29, 1.82) is 0 Å². The van der Waals surface area contributed by atoms with Crippen LogP contribution >= 0.6 is 11.8 Å². The zero-order chi connectivity index (χ0) is 9.26. The molecule has 0 spiro atoms. The standard InChI is InChI=1S/C10H13BOS/c1-11-6-5-8-3-2-4-9(10(8)11)13-7-12/h2-4,12H,5-7H2,1H3. The molecule has 1 aliphatic heterocycles. The molecule has 0 unspecified atom stereocenters. The molecule has 0 aliphatic carbocycles. The maximum Gasteiger partial charge on any atom is 0.174 e. The van der Waals surface area contributed by atoms with Gasteiger partial charge in [0.1, 0.15) is 0 Å². The van der Waals surface area contributed by atoms with E-state index < -0.39 is 0 Å². The Bertz CT molecular complexity index is 314. The molecule has 13 heavy (non-hydrogen) atoms. The fourth-order valence-electron chi connectivity index (χ4n) is 2.08. The van der Waals surface area contributed by atoms with E-state index in [0.717, 1.165) is 0 Å². The van der Waals surface area contributed by atoms with Crippen LogP contribution in [0.4, 0.5) is 0 Å². The van der Waals surface area contributed by atoms with Gasteiger partial charge in [0.2, 0.25) is 0 Å². The van der Waals surface area contributed by atoms with E-state index in [1.165, 1.54) is 40.4 Å². The molecule has 1 aromatic rings. The van der Waals surface area contributed by atoms with Crippen LogP contribution in [0.15, 0.2) is 23.1 Å². The Morgan fingerprint density at radius 1 is 1.54 bits per heavy atom. The fourth-order valence-corrected chi connectivity index (χ4v) is 2.88. The number of aliphatic hydroxyl groups excluding tert-OH is 1. The Balaban J connectivity index is 2.41. The summed E-state index contributed by atoms with van der Waals surface area (Å²) < 4.78 is 0. The van der Waals surface area contributed by atoms with Crippen LogP contribution in [0.2, 0.25) is 13.1 Å². The molecule has 1 aromatic carbocycles. The minimum absolute atomic E-state index is 0.184. The van der Waals surface area contributed by atoms with Crippen molar-refractivity contribution in [1.82, 2.24) is 0 Å². The van der Waals surface area contributed by atoms with Crippen LogP contribution in [0, 0.1) is 0 Å². The fraction of sp³-hybridized carbons (Fsp3) is 0.400. The van der Waals surface area contributed by atoms with Crippen molar-refractivity contribution in [2.45, 2.75) is 24.5 Å². The lowest BCUT2D eigenvalue weighted by molar-refractivity contribution is 0.375. The number of aliphatic hydroxyl groups is 1. The molecule has 0 saturated heterocycles. The van der Waals surface area contributed by atoms with Gasteiger partial charge in [-0.15, -0.1) is 0 Å². The Hall–Kier alpha value is -0.405. The van der Waals surface area contributed by atoms with Gasteiger partial charge >= 0.3 is 0 Å². The van der Waals surface area contributed by atoms with Crippen LogP contribution in [-0.4, -0.2) is 17.8 Å². The second-order valence-corrected chi connectivity index (χ2v) is 4.53. The summed E-state index contributed by atoms with van der Waals surface area (Å²) in [6.45, 7) is 2.94. The molecule has 1 nitrogen and oxygen atoms in total. The summed E-state index contributed by atoms with van der Waals surface area (Å²) in [5.41, 5.74) is 2.95. The molecule has 1 N–H and O–H groups in total.